The highest BCUT2D eigenvalue weighted by Crippen LogP contribution is 2.26. The average Bonchev–Trinajstić information content (AvgIpc) is 2.91. The zero-order valence-corrected chi connectivity index (χ0v) is 22.8. The van der Waals surface area contributed by atoms with Crippen molar-refractivity contribution in [2.45, 2.75) is 38.7 Å². The smallest absolute Gasteiger partial charge is 0.120 e. The molecule has 1 aliphatic heterocycles. The number of fused-ring (bicyclic) bond motifs is 1. The number of halogens is 2. The molecule has 6 heteroatoms. The Kier molecular flexibility index (Phi) is 10.8. The Hall–Kier alpha value is -2.40. The molecular formula is C30H38Cl2N2O2. The molecular weight excluding hydrogens is 491 g/mol. The quantitative estimate of drug-likeness (QED) is 0.339. The molecule has 1 fully saturated rings. The molecule has 0 bridgehead atoms. The van der Waals surface area contributed by atoms with Crippen molar-refractivity contribution in [1.29, 1.82) is 0 Å². The average molecular weight is 530 g/mol. The van der Waals surface area contributed by atoms with Crippen LogP contribution >= 0.6 is 24.8 Å². The second-order valence-corrected chi connectivity index (χ2v) is 9.52. The number of aryl methyl sites for hydroxylation is 2. The fraction of sp³-hybridized carbons (Fsp3) is 0.400. The van der Waals surface area contributed by atoms with Crippen LogP contribution in [0.15, 0.2) is 66.7 Å². The van der Waals surface area contributed by atoms with E-state index in [1.165, 1.54) is 53.6 Å². The number of piperazine rings is 1. The van der Waals surface area contributed by atoms with Crippen molar-refractivity contribution < 1.29 is 9.47 Å². The van der Waals surface area contributed by atoms with Gasteiger partial charge < -0.3 is 14.4 Å². The Balaban J connectivity index is 0.00000180. The Labute approximate surface area is 228 Å². The van der Waals surface area contributed by atoms with Crippen LogP contribution < -0.4 is 14.4 Å². The van der Waals surface area contributed by atoms with Gasteiger partial charge in [0.15, 0.2) is 0 Å². The lowest BCUT2D eigenvalue weighted by atomic mass is 9.92. The van der Waals surface area contributed by atoms with Gasteiger partial charge in [0.2, 0.25) is 0 Å². The Morgan fingerprint density at radius 2 is 1.44 bits per heavy atom. The van der Waals surface area contributed by atoms with E-state index in [-0.39, 0.29) is 24.8 Å². The summed E-state index contributed by atoms with van der Waals surface area (Å²) in [6.45, 7) is 6.06. The molecule has 0 spiro atoms. The maximum atomic E-state index is 6.09. The number of hydrogen-bond donors (Lipinski definition) is 0. The van der Waals surface area contributed by atoms with Gasteiger partial charge in [-0.1, -0.05) is 36.4 Å². The molecule has 0 atom stereocenters. The highest BCUT2D eigenvalue weighted by molar-refractivity contribution is 5.85. The first-order valence-corrected chi connectivity index (χ1v) is 12.7. The molecule has 0 radical (unpaired) electrons. The van der Waals surface area contributed by atoms with Crippen molar-refractivity contribution in [3.63, 3.8) is 0 Å². The summed E-state index contributed by atoms with van der Waals surface area (Å²) in [5.74, 6) is 1.93. The predicted octanol–water partition coefficient (Wildman–Crippen LogP) is 6.36. The first-order valence-electron chi connectivity index (χ1n) is 12.7. The lowest BCUT2D eigenvalue weighted by Crippen LogP contribution is -2.47. The van der Waals surface area contributed by atoms with Crippen molar-refractivity contribution in [2.24, 2.45) is 0 Å². The van der Waals surface area contributed by atoms with Crippen molar-refractivity contribution in [2.75, 3.05) is 44.7 Å². The largest absolute Gasteiger partial charge is 0.497 e. The van der Waals surface area contributed by atoms with Crippen LogP contribution in [-0.4, -0.2) is 44.7 Å². The number of rotatable bonds is 8. The summed E-state index contributed by atoms with van der Waals surface area (Å²) in [6.07, 6.45) is 6.12. The topological polar surface area (TPSA) is 24.9 Å². The van der Waals surface area contributed by atoms with Crippen molar-refractivity contribution in [3.05, 3.63) is 89.0 Å². The zero-order valence-electron chi connectivity index (χ0n) is 21.2. The fourth-order valence-corrected chi connectivity index (χ4v) is 5.09. The molecule has 0 aromatic heterocycles. The molecule has 0 N–H and O–H groups in total. The molecule has 194 valence electrons. The van der Waals surface area contributed by atoms with E-state index < -0.39 is 0 Å². The highest BCUT2D eigenvalue weighted by atomic mass is 35.5. The monoisotopic (exact) mass is 528 g/mol. The van der Waals surface area contributed by atoms with Gasteiger partial charge in [-0.25, -0.2) is 0 Å². The molecule has 1 aliphatic carbocycles. The summed E-state index contributed by atoms with van der Waals surface area (Å²) in [5.41, 5.74) is 6.86. The minimum atomic E-state index is 0. The molecule has 0 unspecified atom stereocenters. The summed E-state index contributed by atoms with van der Waals surface area (Å²) in [5, 5.41) is 0. The van der Waals surface area contributed by atoms with E-state index in [1.54, 1.807) is 7.11 Å². The summed E-state index contributed by atoms with van der Waals surface area (Å²) in [7, 11) is 1.73. The molecule has 0 saturated carbocycles. The van der Waals surface area contributed by atoms with E-state index in [0.717, 1.165) is 50.6 Å². The number of benzene rings is 3. The van der Waals surface area contributed by atoms with Crippen LogP contribution in [-0.2, 0) is 25.9 Å². The van der Waals surface area contributed by atoms with Crippen LogP contribution in [0.5, 0.6) is 11.5 Å². The molecule has 3 aromatic rings. The molecule has 1 heterocycles. The van der Waals surface area contributed by atoms with Gasteiger partial charge in [-0.3, -0.25) is 4.90 Å². The standard InChI is InChI=1S/C30H36N2O2.2ClH/c1-33-29-8-4-7-28(22-29)32-19-17-31(18-20-32)16-15-24-9-11-25(12-10-24)23-34-30-14-13-26-5-2-3-6-27(26)21-30;;/h4,7-14,21-22H,2-3,5-6,15-20,23H2,1H3;2*1H. The molecule has 1 saturated heterocycles. The number of nitrogens with zero attached hydrogens (tertiary/aromatic N) is 2. The number of methoxy groups -OCH3 is 1. The molecule has 2 aliphatic rings. The Bertz CT molecular complexity index is 1080. The van der Waals surface area contributed by atoms with E-state index >= 15 is 0 Å². The van der Waals surface area contributed by atoms with E-state index in [4.69, 9.17) is 9.47 Å². The number of hydrogen-bond acceptors (Lipinski definition) is 4. The van der Waals surface area contributed by atoms with Gasteiger partial charge in [-0.15, -0.1) is 24.8 Å². The van der Waals surface area contributed by atoms with Crippen molar-refractivity contribution in [1.82, 2.24) is 4.90 Å². The van der Waals surface area contributed by atoms with Gasteiger partial charge in [0, 0.05) is 44.5 Å². The van der Waals surface area contributed by atoms with Crippen molar-refractivity contribution in [3.8, 4) is 11.5 Å². The summed E-state index contributed by atoms with van der Waals surface area (Å²) < 4.78 is 11.5. The van der Waals surface area contributed by atoms with Gasteiger partial charge in [-0.05, 0) is 78.6 Å². The lowest BCUT2D eigenvalue weighted by molar-refractivity contribution is 0.261. The van der Waals surface area contributed by atoms with E-state index in [1.807, 2.05) is 6.07 Å². The normalized spacial score (nSPS) is 15.3. The molecule has 3 aromatic carbocycles. The van der Waals surface area contributed by atoms with Crippen LogP contribution in [0.25, 0.3) is 0 Å². The van der Waals surface area contributed by atoms with E-state index in [2.05, 4.69) is 70.5 Å². The van der Waals surface area contributed by atoms with E-state index in [0.29, 0.717) is 6.61 Å². The maximum absolute atomic E-state index is 6.09. The van der Waals surface area contributed by atoms with Crippen LogP contribution in [0.4, 0.5) is 5.69 Å². The third-order valence-electron chi connectivity index (χ3n) is 7.26. The third-order valence-corrected chi connectivity index (χ3v) is 7.26. The van der Waals surface area contributed by atoms with Gasteiger partial charge in [-0.2, -0.15) is 0 Å². The second kappa shape index (κ2) is 13.8. The molecule has 0 amide bonds. The molecule has 36 heavy (non-hydrogen) atoms. The minimum absolute atomic E-state index is 0. The number of ether oxygens (including phenoxy) is 2. The third kappa shape index (κ3) is 7.32. The summed E-state index contributed by atoms with van der Waals surface area (Å²) >= 11 is 0. The number of anilines is 1. The lowest BCUT2D eigenvalue weighted by Gasteiger charge is -2.36. The first-order chi connectivity index (χ1) is 16.8. The van der Waals surface area contributed by atoms with E-state index in [9.17, 15) is 0 Å². The van der Waals surface area contributed by atoms with Crippen molar-refractivity contribution >= 4 is 30.5 Å². The fourth-order valence-electron chi connectivity index (χ4n) is 5.09. The van der Waals surface area contributed by atoms with Gasteiger partial charge >= 0.3 is 0 Å². The summed E-state index contributed by atoms with van der Waals surface area (Å²) in [6, 6.07) is 24.0. The van der Waals surface area contributed by atoms with Gasteiger partial charge in [0.25, 0.3) is 0 Å². The second-order valence-electron chi connectivity index (χ2n) is 9.52. The van der Waals surface area contributed by atoms with Gasteiger partial charge in [0.1, 0.15) is 18.1 Å². The van der Waals surface area contributed by atoms with Crippen LogP contribution in [0.1, 0.15) is 35.1 Å². The first kappa shape index (κ1) is 28.2. The Morgan fingerprint density at radius 3 is 2.19 bits per heavy atom. The van der Waals surface area contributed by atoms with Crippen LogP contribution in [0.2, 0.25) is 0 Å². The molecule has 5 rings (SSSR count). The maximum Gasteiger partial charge on any atom is 0.120 e. The van der Waals surface area contributed by atoms with Gasteiger partial charge in [0.05, 0.1) is 7.11 Å². The predicted molar refractivity (Wildman–Crippen MR) is 154 cm³/mol. The highest BCUT2D eigenvalue weighted by Gasteiger charge is 2.17. The zero-order chi connectivity index (χ0) is 23.2. The summed E-state index contributed by atoms with van der Waals surface area (Å²) in [4.78, 5) is 5.03. The minimum Gasteiger partial charge on any atom is -0.497 e. The Morgan fingerprint density at radius 1 is 0.722 bits per heavy atom. The molecule has 4 nitrogen and oxygen atoms in total. The van der Waals surface area contributed by atoms with Crippen LogP contribution in [0.3, 0.4) is 0 Å². The SMILES string of the molecule is COc1cccc(N2CCN(CCc3ccc(COc4ccc5c(c4)CCCC5)cc3)CC2)c1.Cl.Cl. The van der Waals surface area contributed by atoms with Crippen LogP contribution in [0, 0.1) is 0 Å².